The van der Waals surface area contributed by atoms with Gasteiger partial charge in [-0.2, -0.15) is 0 Å². The van der Waals surface area contributed by atoms with E-state index < -0.39 is 11.9 Å². The number of likely N-dealkylation sites (tertiary alicyclic amines) is 1. The minimum atomic E-state index is -0.839. The summed E-state index contributed by atoms with van der Waals surface area (Å²) in [6.07, 6.45) is 0.612. The summed E-state index contributed by atoms with van der Waals surface area (Å²) in [5.41, 5.74) is 1.66. The quantitative estimate of drug-likeness (QED) is 0.860. The third-order valence-electron chi connectivity index (χ3n) is 4.37. The van der Waals surface area contributed by atoms with Crippen LogP contribution in [-0.4, -0.2) is 40.7 Å². The Morgan fingerprint density at radius 2 is 2.00 bits per heavy atom. The summed E-state index contributed by atoms with van der Waals surface area (Å²) >= 11 is 0. The summed E-state index contributed by atoms with van der Waals surface area (Å²) in [6.45, 7) is 11.1. The van der Waals surface area contributed by atoms with Gasteiger partial charge >= 0.3 is 12.0 Å². The van der Waals surface area contributed by atoms with Crippen molar-refractivity contribution in [1.29, 1.82) is 0 Å². The number of carboxylic acid groups (broad SMARTS) is 1. The minimum Gasteiger partial charge on any atom is -0.488 e. The number of hydrogen-bond donors (Lipinski definition) is 2. The molecule has 2 amide bonds. The van der Waals surface area contributed by atoms with Crippen LogP contribution in [0.4, 0.5) is 4.79 Å². The molecule has 1 aromatic rings. The van der Waals surface area contributed by atoms with Gasteiger partial charge in [0, 0.05) is 25.2 Å². The average Bonchev–Trinajstić information content (AvgIpc) is 2.51. The molecule has 0 bridgehead atoms. The molecular weight excluding hydrogens is 332 g/mol. The van der Waals surface area contributed by atoms with E-state index in [2.05, 4.69) is 5.32 Å². The van der Waals surface area contributed by atoms with Crippen LogP contribution in [0.15, 0.2) is 18.2 Å². The second-order valence-corrected chi connectivity index (χ2v) is 8.27. The Bertz CT molecular complexity index is 666. The molecule has 1 aromatic carbocycles. The van der Waals surface area contributed by atoms with Gasteiger partial charge < -0.3 is 20.1 Å². The molecule has 2 unspecified atom stereocenters. The molecule has 2 atom stereocenters. The standard InChI is InChI=1S/C20H30N2O4/c1-13-6-7-15(17(9-13)26-20(3,4)5)10-21-19(25)22-11-14(2)8-16(12-22)18(23)24/h6-7,9,14,16H,8,10-12H2,1-5H3,(H,21,25)(H,23,24). The van der Waals surface area contributed by atoms with Gasteiger partial charge in [-0.1, -0.05) is 19.1 Å². The van der Waals surface area contributed by atoms with Gasteiger partial charge in [0.05, 0.1) is 5.92 Å². The fourth-order valence-electron chi connectivity index (χ4n) is 3.21. The largest absolute Gasteiger partial charge is 0.488 e. The SMILES string of the molecule is Cc1ccc(CNC(=O)N2CC(C)CC(C(=O)O)C2)c(OC(C)(C)C)c1. The molecule has 1 saturated heterocycles. The number of amides is 2. The lowest BCUT2D eigenvalue weighted by molar-refractivity contribution is -0.143. The zero-order valence-corrected chi connectivity index (χ0v) is 16.3. The molecule has 144 valence electrons. The second kappa shape index (κ2) is 7.98. The molecule has 0 spiro atoms. The van der Waals surface area contributed by atoms with E-state index in [9.17, 15) is 14.7 Å². The fraction of sp³-hybridized carbons (Fsp3) is 0.600. The number of nitrogens with zero attached hydrogens (tertiary/aromatic N) is 1. The third-order valence-corrected chi connectivity index (χ3v) is 4.37. The van der Waals surface area contributed by atoms with Crippen molar-refractivity contribution in [3.05, 3.63) is 29.3 Å². The summed E-state index contributed by atoms with van der Waals surface area (Å²) < 4.78 is 6.01. The van der Waals surface area contributed by atoms with Crippen LogP contribution >= 0.6 is 0 Å². The zero-order chi connectivity index (χ0) is 19.5. The molecular formula is C20H30N2O4. The van der Waals surface area contributed by atoms with Gasteiger partial charge in [0.25, 0.3) is 0 Å². The Labute approximate surface area is 155 Å². The highest BCUT2D eigenvalue weighted by molar-refractivity contribution is 5.76. The molecule has 2 rings (SSSR count). The van der Waals surface area contributed by atoms with E-state index in [1.165, 1.54) is 0 Å². The average molecular weight is 362 g/mol. The lowest BCUT2D eigenvalue weighted by Gasteiger charge is -2.34. The first-order chi connectivity index (χ1) is 12.0. The first kappa shape index (κ1) is 20.1. The zero-order valence-electron chi connectivity index (χ0n) is 16.3. The number of carbonyl (C=O) groups is 2. The lowest BCUT2D eigenvalue weighted by atomic mass is 9.91. The van der Waals surface area contributed by atoms with Crippen LogP contribution in [0.2, 0.25) is 0 Å². The molecule has 1 aliphatic rings. The Morgan fingerprint density at radius 3 is 2.62 bits per heavy atom. The van der Waals surface area contributed by atoms with Crippen LogP contribution in [0, 0.1) is 18.8 Å². The van der Waals surface area contributed by atoms with Crippen LogP contribution in [-0.2, 0) is 11.3 Å². The van der Waals surface area contributed by atoms with Crippen LogP contribution in [0.3, 0.4) is 0 Å². The Kier molecular flexibility index (Phi) is 6.16. The van der Waals surface area contributed by atoms with Crippen LogP contribution in [0.25, 0.3) is 0 Å². The smallest absolute Gasteiger partial charge is 0.317 e. The molecule has 26 heavy (non-hydrogen) atoms. The number of hydrogen-bond acceptors (Lipinski definition) is 3. The highest BCUT2D eigenvalue weighted by Gasteiger charge is 2.31. The molecule has 1 heterocycles. The van der Waals surface area contributed by atoms with Crippen molar-refractivity contribution in [1.82, 2.24) is 10.2 Å². The fourth-order valence-corrected chi connectivity index (χ4v) is 3.21. The number of benzene rings is 1. The summed E-state index contributed by atoms with van der Waals surface area (Å²) in [7, 11) is 0. The van der Waals surface area contributed by atoms with Crippen molar-refractivity contribution >= 4 is 12.0 Å². The van der Waals surface area contributed by atoms with E-state index in [-0.39, 0.29) is 24.1 Å². The first-order valence-corrected chi connectivity index (χ1v) is 9.09. The highest BCUT2D eigenvalue weighted by Crippen LogP contribution is 2.25. The highest BCUT2D eigenvalue weighted by atomic mass is 16.5. The van der Waals surface area contributed by atoms with Gasteiger partial charge in [-0.25, -0.2) is 4.79 Å². The van der Waals surface area contributed by atoms with E-state index in [0.717, 1.165) is 16.9 Å². The van der Waals surface area contributed by atoms with Crippen molar-refractivity contribution in [2.45, 2.75) is 53.2 Å². The van der Waals surface area contributed by atoms with E-state index >= 15 is 0 Å². The molecule has 0 saturated carbocycles. The van der Waals surface area contributed by atoms with Crippen molar-refractivity contribution in [3.63, 3.8) is 0 Å². The Morgan fingerprint density at radius 1 is 1.31 bits per heavy atom. The van der Waals surface area contributed by atoms with Crippen molar-refractivity contribution in [2.75, 3.05) is 13.1 Å². The molecule has 0 aromatic heterocycles. The maximum absolute atomic E-state index is 12.5. The van der Waals surface area contributed by atoms with Crippen molar-refractivity contribution in [2.24, 2.45) is 11.8 Å². The minimum absolute atomic E-state index is 0.176. The molecule has 6 heteroatoms. The molecule has 1 aliphatic heterocycles. The maximum atomic E-state index is 12.5. The first-order valence-electron chi connectivity index (χ1n) is 9.09. The Balaban J connectivity index is 2.04. The summed E-state index contributed by atoms with van der Waals surface area (Å²) in [6, 6.07) is 5.68. The number of carbonyl (C=O) groups excluding carboxylic acids is 1. The summed E-state index contributed by atoms with van der Waals surface area (Å²) in [5.74, 6) is -0.402. The van der Waals surface area contributed by atoms with Gasteiger partial charge in [-0.3, -0.25) is 4.79 Å². The number of nitrogens with one attached hydrogen (secondary N) is 1. The van der Waals surface area contributed by atoms with Crippen molar-refractivity contribution < 1.29 is 19.4 Å². The topological polar surface area (TPSA) is 78.9 Å². The molecule has 0 radical (unpaired) electrons. The number of rotatable bonds is 4. The number of urea groups is 1. The maximum Gasteiger partial charge on any atom is 0.317 e. The molecule has 6 nitrogen and oxygen atoms in total. The number of aliphatic carboxylic acids is 1. The van der Waals surface area contributed by atoms with Crippen molar-refractivity contribution in [3.8, 4) is 5.75 Å². The second-order valence-electron chi connectivity index (χ2n) is 8.27. The van der Waals surface area contributed by atoms with E-state index in [0.29, 0.717) is 19.5 Å². The van der Waals surface area contributed by atoms with Gasteiger partial charge in [0.15, 0.2) is 0 Å². The van der Waals surface area contributed by atoms with E-state index in [1.807, 2.05) is 52.8 Å². The van der Waals surface area contributed by atoms with Gasteiger partial charge in [-0.15, -0.1) is 0 Å². The lowest BCUT2D eigenvalue weighted by Crippen LogP contribution is -2.49. The number of carboxylic acids is 1. The van der Waals surface area contributed by atoms with E-state index in [4.69, 9.17) is 4.74 Å². The predicted octanol–water partition coefficient (Wildman–Crippen LogP) is 3.42. The van der Waals surface area contributed by atoms with Gasteiger partial charge in [-0.05, 0) is 51.7 Å². The summed E-state index contributed by atoms with van der Waals surface area (Å²) in [5, 5.41) is 12.2. The van der Waals surface area contributed by atoms with Crippen LogP contribution in [0.5, 0.6) is 5.75 Å². The van der Waals surface area contributed by atoms with Crippen LogP contribution in [0.1, 0.15) is 45.2 Å². The number of piperidine rings is 1. The van der Waals surface area contributed by atoms with Crippen LogP contribution < -0.4 is 10.1 Å². The molecule has 1 fully saturated rings. The number of ether oxygens (including phenoxy) is 1. The van der Waals surface area contributed by atoms with Gasteiger partial charge in [0.1, 0.15) is 11.4 Å². The summed E-state index contributed by atoms with van der Waals surface area (Å²) in [4.78, 5) is 25.4. The van der Waals surface area contributed by atoms with E-state index in [1.54, 1.807) is 4.90 Å². The third kappa shape index (κ3) is 5.64. The molecule has 0 aliphatic carbocycles. The van der Waals surface area contributed by atoms with Gasteiger partial charge in [0.2, 0.25) is 0 Å². The number of aryl methyl sites for hydroxylation is 1. The normalized spacial score (nSPS) is 20.6. The monoisotopic (exact) mass is 362 g/mol. The molecule has 2 N–H and O–H groups in total. The predicted molar refractivity (Wildman–Crippen MR) is 100 cm³/mol. The Hall–Kier alpha value is -2.24.